The standard InChI is InChI=1S/C14H12ClFN2O/c15-9-4-5-12(16)10(6-9)13-17-7-11(14(19)18-13)8-2-1-3-8/h4-8H,1-3H2,(H,17,18,19). The van der Waals surface area contributed by atoms with Crippen LogP contribution in [-0.4, -0.2) is 9.97 Å². The molecule has 0 aliphatic heterocycles. The molecule has 19 heavy (non-hydrogen) atoms. The summed E-state index contributed by atoms with van der Waals surface area (Å²) in [5, 5.41) is 0.405. The molecular weight excluding hydrogens is 267 g/mol. The normalized spacial score (nSPS) is 15.3. The number of nitrogens with zero attached hydrogens (tertiary/aromatic N) is 1. The first-order chi connectivity index (χ1) is 9.15. The van der Waals surface area contributed by atoms with Gasteiger partial charge in [-0.15, -0.1) is 0 Å². The molecule has 1 saturated carbocycles. The van der Waals surface area contributed by atoms with Gasteiger partial charge in [0, 0.05) is 16.8 Å². The molecule has 0 atom stereocenters. The molecule has 0 bridgehead atoms. The Kier molecular flexibility index (Phi) is 3.11. The fraction of sp³-hybridized carbons (Fsp3) is 0.286. The van der Waals surface area contributed by atoms with Crippen LogP contribution in [-0.2, 0) is 0 Å². The molecule has 1 aromatic carbocycles. The smallest absolute Gasteiger partial charge is 0.254 e. The molecule has 1 fully saturated rings. The van der Waals surface area contributed by atoms with E-state index in [-0.39, 0.29) is 16.9 Å². The second-order valence-electron chi connectivity index (χ2n) is 4.77. The zero-order valence-electron chi connectivity index (χ0n) is 10.1. The van der Waals surface area contributed by atoms with Crippen molar-refractivity contribution in [3.05, 3.63) is 51.2 Å². The number of hydrogen-bond acceptors (Lipinski definition) is 2. The first-order valence-corrected chi connectivity index (χ1v) is 6.57. The van der Waals surface area contributed by atoms with E-state index >= 15 is 0 Å². The van der Waals surface area contributed by atoms with Crippen LogP contribution in [0.15, 0.2) is 29.2 Å². The third-order valence-electron chi connectivity index (χ3n) is 3.56. The third-order valence-corrected chi connectivity index (χ3v) is 3.79. The molecule has 3 rings (SSSR count). The van der Waals surface area contributed by atoms with Crippen LogP contribution in [0.5, 0.6) is 0 Å². The highest BCUT2D eigenvalue weighted by Crippen LogP contribution is 2.34. The number of aromatic amines is 1. The van der Waals surface area contributed by atoms with Crippen molar-refractivity contribution in [2.75, 3.05) is 0 Å². The van der Waals surface area contributed by atoms with Gasteiger partial charge in [0.15, 0.2) is 0 Å². The Balaban J connectivity index is 2.04. The lowest BCUT2D eigenvalue weighted by atomic mass is 9.81. The second kappa shape index (κ2) is 4.78. The highest BCUT2D eigenvalue weighted by molar-refractivity contribution is 6.30. The summed E-state index contributed by atoms with van der Waals surface area (Å²) in [6.45, 7) is 0. The minimum absolute atomic E-state index is 0.186. The van der Waals surface area contributed by atoms with E-state index in [0.717, 1.165) is 19.3 Å². The average Bonchev–Trinajstić information content (AvgIpc) is 2.32. The van der Waals surface area contributed by atoms with Crippen LogP contribution in [0.4, 0.5) is 4.39 Å². The molecule has 2 aromatic rings. The van der Waals surface area contributed by atoms with Crippen molar-refractivity contribution < 1.29 is 4.39 Å². The van der Waals surface area contributed by atoms with Gasteiger partial charge in [0.1, 0.15) is 11.6 Å². The van der Waals surface area contributed by atoms with Gasteiger partial charge >= 0.3 is 0 Å². The maximum atomic E-state index is 13.7. The lowest BCUT2D eigenvalue weighted by Gasteiger charge is -2.24. The van der Waals surface area contributed by atoms with Gasteiger partial charge in [0.05, 0.1) is 5.56 Å². The van der Waals surface area contributed by atoms with E-state index in [1.807, 2.05) is 0 Å². The minimum atomic E-state index is -0.455. The molecule has 1 aliphatic carbocycles. The van der Waals surface area contributed by atoms with E-state index < -0.39 is 5.82 Å². The summed E-state index contributed by atoms with van der Waals surface area (Å²) in [4.78, 5) is 18.8. The van der Waals surface area contributed by atoms with Crippen molar-refractivity contribution in [1.82, 2.24) is 9.97 Å². The van der Waals surface area contributed by atoms with Gasteiger partial charge in [0.2, 0.25) is 0 Å². The predicted octanol–water partition coefficient (Wildman–Crippen LogP) is 3.50. The summed E-state index contributed by atoms with van der Waals surface area (Å²) in [6, 6.07) is 4.18. The largest absolute Gasteiger partial charge is 0.306 e. The van der Waals surface area contributed by atoms with Crippen molar-refractivity contribution in [2.45, 2.75) is 25.2 Å². The van der Waals surface area contributed by atoms with E-state index in [4.69, 9.17) is 11.6 Å². The van der Waals surface area contributed by atoms with Crippen LogP contribution in [0.1, 0.15) is 30.7 Å². The fourth-order valence-corrected chi connectivity index (χ4v) is 2.40. The molecule has 0 amide bonds. The lowest BCUT2D eigenvalue weighted by Crippen LogP contribution is -2.22. The number of nitrogens with one attached hydrogen (secondary N) is 1. The molecule has 1 aliphatic rings. The molecule has 0 radical (unpaired) electrons. The molecule has 5 heteroatoms. The molecule has 0 spiro atoms. The van der Waals surface area contributed by atoms with E-state index in [2.05, 4.69) is 9.97 Å². The van der Waals surface area contributed by atoms with Gasteiger partial charge in [-0.05, 0) is 37.0 Å². The number of aromatic nitrogens is 2. The topological polar surface area (TPSA) is 45.8 Å². The molecular formula is C14H12ClFN2O. The van der Waals surface area contributed by atoms with E-state index in [1.54, 1.807) is 6.20 Å². The molecule has 1 aromatic heterocycles. The van der Waals surface area contributed by atoms with Gasteiger partial charge in [-0.3, -0.25) is 4.79 Å². The number of rotatable bonds is 2. The molecule has 98 valence electrons. The van der Waals surface area contributed by atoms with Crippen LogP contribution in [0.2, 0.25) is 5.02 Å². The van der Waals surface area contributed by atoms with Crippen LogP contribution in [0.25, 0.3) is 11.4 Å². The number of benzene rings is 1. The van der Waals surface area contributed by atoms with Crippen LogP contribution in [0, 0.1) is 5.82 Å². The summed E-state index contributed by atoms with van der Waals surface area (Å²) in [5.41, 5.74) is 0.719. The maximum Gasteiger partial charge on any atom is 0.254 e. The highest BCUT2D eigenvalue weighted by Gasteiger charge is 2.23. The van der Waals surface area contributed by atoms with Crippen molar-refractivity contribution in [3.63, 3.8) is 0 Å². The Bertz CT molecular complexity index is 679. The first-order valence-electron chi connectivity index (χ1n) is 6.20. The molecule has 1 N–H and O–H groups in total. The minimum Gasteiger partial charge on any atom is -0.306 e. The average molecular weight is 279 g/mol. The monoisotopic (exact) mass is 278 g/mol. The van der Waals surface area contributed by atoms with Gasteiger partial charge < -0.3 is 4.98 Å². The predicted molar refractivity (Wildman–Crippen MR) is 71.9 cm³/mol. The van der Waals surface area contributed by atoms with Gasteiger partial charge in [-0.1, -0.05) is 18.0 Å². The Morgan fingerprint density at radius 3 is 2.79 bits per heavy atom. The number of H-pyrrole nitrogens is 1. The van der Waals surface area contributed by atoms with Crippen molar-refractivity contribution in [1.29, 1.82) is 0 Å². The van der Waals surface area contributed by atoms with Crippen molar-refractivity contribution >= 4 is 11.6 Å². The zero-order chi connectivity index (χ0) is 13.4. The summed E-state index contributed by atoms with van der Waals surface area (Å²) < 4.78 is 13.7. The Labute approximate surface area is 114 Å². The summed E-state index contributed by atoms with van der Waals surface area (Å²) in [7, 11) is 0. The van der Waals surface area contributed by atoms with Crippen LogP contribution in [0.3, 0.4) is 0 Å². The van der Waals surface area contributed by atoms with E-state index in [0.29, 0.717) is 16.5 Å². The van der Waals surface area contributed by atoms with Crippen LogP contribution >= 0.6 is 11.6 Å². The van der Waals surface area contributed by atoms with E-state index in [9.17, 15) is 9.18 Å². The van der Waals surface area contributed by atoms with Crippen molar-refractivity contribution in [2.24, 2.45) is 0 Å². The Morgan fingerprint density at radius 1 is 1.37 bits per heavy atom. The highest BCUT2D eigenvalue weighted by atomic mass is 35.5. The zero-order valence-corrected chi connectivity index (χ0v) is 10.9. The SMILES string of the molecule is O=c1[nH]c(-c2cc(Cl)ccc2F)ncc1C1CCC1. The quantitative estimate of drug-likeness (QED) is 0.914. The van der Waals surface area contributed by atoms with Gasteiger partial charge in [-0.2, -0.15) is 0 Å². The molecule has 1 heterocycles. The van der Waals surface area contributed by atoms with Crippen molar-refractivity contribution in [3.8, 4) is 11.4 Å². The second-order valence-corrected chi connectivity index (χ2v) is 5.20. The fourth-order valence-electron chi connectivity index (χ4n) is 2.23. The lowest BCUT2D eigenvalue weighted by molar-refractivity contribution is 0.415. The number of halogens is 2. The maximum absolute atomic E-state index is 13.7. The molecule has 3 nitrogen and oxygen atoms in total. The molecule has 0 saturated heterocycles. The Hall–Kier alpha value is -1.68. The van der Waals surface area contributed by atoms with Crippen LogP contribution < -0.4 is 5.56 Å². The van der Waals surface area contributed by atoms with Gasteiger partial charge in [0.25, 0.3) is 5.56 Å². The number of hydrogen-bond donors (Lipinski definition) is 1. The summed E-state index contributed by atoms with van der Waals surface area (Å²) in [5.74, 6) is 0.0616. The van der Waals surface area contributed by atoms with Gasteiger partial charge in [-0.25, -0.2) is 9.37 Å². The van der Waals surface area contributed by atoms with E-state index in [1.165, 1.54) is 18.2 Å². The first kappa shape index (κ1) is 12.4. The molecule has 0 unspecified atom stereocenters. The third kappa shape index (κ3) is 2.28. The summed E-state index contributed by atoms with van der Waals surface area (Å²) in [6.07, 6.45) is 4.75. The Morgan fingerprint density at radius 2 is 2.16 bits per heavy atom. The summed E-state index contributed by atoms with van der Waals surface area (Å²) >= 11 is 5.83.